The third-order valence-corrected chi connectivity index (χ3v) is 4.74. The van der Waals surface area contributed by atoms with Crippen LogP contribution in [0.3, 0.4) is 0 Å². The predicted octanol–water partition coefficient (Wildman–Crippen LogP) is 1.83. The SMILES string of the molecule is O=c1nc(N2CCN(c3ccc(F)cc3)CC2)ncn1Cn1ccc(C(F)(F)F)n1. The first-order valence-electron chi connectivity index (χ1n) is 9.09. The molecule has 2 aromatic heterocycles. The second kappa shape index (κ2) is 7.76. The summed E-state index contributed by atoms with van der Waals surface area (Å²) in [5.41, 5.74) is -0.762. The summed E-state index contributed by atoms with van der Waals surface area (Å²) in [5.74, 6) is -0.0393. The summed E-state index contributed by atoms with van der Waals surface area (Å²) in [6, 6.07) is 7.06. The topological polar surface area (TPSA) is 72.1 Å². The van der Waals surface area contributed by atoms with Gasteiger partial charge in [-0.15, -0.1) is 0 Å². The standard InChI is InChI=1S/C18H17F4N7O/c19-13-1-3-14(4-2-13)26-7-9-27(10-8-26)16-23-11-28(17(30)24-16)12-29-6-5-15(25-29)18(20,21)22/h1-6,11H,7-10,12H2. The highest BCUT2D eigenvalue weighted by Gasteiger charge is 2.33. The maximum absolute atomic E-state index is 13.1. The quantitative estimate of drug-likeness (QED) is 0.597. The second-order valence-corrected chi connectivity index (χ2v) is 6.74. The molecule has 158 valence electrons. The molecule has 0 radical (unpaired) electrons. The van der Waals surface area contributed by atoms with E-state index in [1.165, 1.54) is 18.5 Å². The van der Waals surface area contributed by atoms with Gasteiger partial charge in [-0.2, -0.15) is 23.3 Å². The Morgan fingerprint density at radius 1 is 0.967 bits per heavy atom. The molecule has 0 atom stereocenters. The normalized spacial score (nSPS) is 14.9. The molecule has 1 fully saturated rings. The molecule has 1 aliphatic heterocycles. The Balaban J connectivity index is 1.40. The third-order valence-electron chi connectivity index (χ3n) is 4.74. The zero-order valence-corrected chi connectivity index (χ0v) is 15.6. The minimum Gasteiger partial charge on any atom is -0.368 e. The first kappa shape index (κ1) is 19.9. The molecule has 1 saturated heterocycles. The van der Waals surface area contributed by atoms with E-state index in [1.807, 2.05) is 4.90 Å². The van der Waals surface area contributed by atoms with E-state index in [2.05, 4.69) is 20.0 Å². The molecule has 0 saturated carbocycles. The van der Waals surface area contributed by atoms with Gasteiger partial charge in [0.15, 0.2) is 5.69 Å². The summed E-state index contributed by atoms with van der Waals surface area (Å²) in [7, 11) is 0. The molecule has 1 aliphatic rings. The van der Waals surface area contributed by atoms with Crippen LogP contribution in [0.15, 0.2) is 47.7 Å². The Labute approximate surface area is 168 Å². The number of hydrogen-bond acceptors (Lipinski definition) is 6. The molecule has 4 rings (SSSR count). The number of rotatable bonds is 4. The van der Waals surface area contributed by atoms with Crippen molar-refractivity contribution >= 4 is 11.6 Å². The number of halogens is 4. The van der Waals surface area contributed by atoms with Crippen LogP contribution in [-0.4, -0.2) is 50.5 Å². The van der Waals surface area contributed by atoms with Gasteiger partial charge in [-0.25, -0.2) is 14.2 Å². The zero-order valence-electron chi connectivity index (χ0n) is 15.6. The monoisotopic (exact) mass is 423 g/mol. The maximum Gasteiger partial charge on any atom is 0.435 e. The maximum atomic E-state index is 13.1. The molecular weight excluding hydrogens is 406 g/mol. The fourth-order valence-corrected chi connectivity index (χ4v) is 3.16. The second-order valence-electron chi connectivity index (χ2n) is 6.74. The number of hydrogen-bond donors (Lipinski definition) is 0. The highest BCUT2D eigenvalue weighted by atomic mass is 19.4. The smallest absolute Gasteiger partial charge is 0.368 e. The van der Waals surface area contributed by atoms with Crippen LogP contribution in [-0.2, 0) is 12.8 Å². The van der Waals surface area contributed by atoms with Crippen LogP contribution in [0.2, 0.25) is 0 Å². The molecule has 1 aromatic carbocycles. The minimum atomic E-state index is -4.55. The highest BCUT2D eigenvalue weighted by Crippen LogP contribution is 2.27. The van der Waals surface area contributed by atoms with Gasteiger partial charge in [0.2, 0.25) is 5.95 Å². The predicted molar refractivity (Wildman–Crippen MR) is 99.7 cm³/mol. The minimum absolute atomic E-state index is 0.229. The Morgan fingerprint density at radius 3 is 2.23 bits per heavy atom. The van der Waals surface area contributed by atoms with Crippen LogP contribution in [0.1, 0.15) is 5.69 Å². The van der Waals surface area contributed by atoms with E-state index in [1.54, 1.807) is 12.1 Å². The number of alkyl halides is 3. The van der Waals surface area contributed by atoms with E-state index in [0.717, 1.165) is 27.2 Å². The average molecular weight is 423 g/mol. The van der Waals surface area contributed by atoms with Crippen LogP contribution in [0.25, 0.3) is 0 Å². The Kier molecular flexibility index (Phi) is 5.14. The van der Waals surface area contributed by atoms with E-state index in [0.29, 0.717) is 26.2 Å². The van der Waals surface area contributed by atoms with E-state index >= 15 is 0 Å². The Morgan fingerprint density at radius 2 is 1.63 bits per heavy atom. The van der Waals surface area contributed by atoms with Gasteiger partial charge < -0.3 is 9.80 Å². The molecule has 30 heavy (non-hydrogen) atoms. The van der Waals surface area contributed by atoms with Gasteiger partial charge in [-0.1, -0.05) is 0 Å². The van der Waals surface area contributed by atoms with Crippen molar-refractivity contribution in [1.29, 1.82) is 0 Å². The van der Waals surface area contributed by atoms with E-state index in [4.69, 9.17) is 0 Å². The summed E-state index contributed by atoms with van der Waals surface area (Å²) in [4.78, 5) is 24.3. The molecule has 0 spiro atoms. The number of benzene rings is 1. The molecule has 0 amide bonds. The largest absolute Gasteiger partial charge is 0.435 e. The molecule has 12 heteroatoms. The van der Waals surface area contributed by atoms with E-state index in [9.17, 15) is 22.4 Å². The van der Waals surface area contributed by atoms with Gasteiger partial charge in [0.05, 0.1) is 0 Å². The zero-order chi connectivity index (χ0) is 21.3. The van der Waals surface area contributed by atoms with Crippen molar-refractivity contribution in [3.8, 4) is 0 Å². The van der Waals surface area contributed by atoms with Gasteiger partial charge in [-0.3, -0.25) is 9.25 Å². The number of nitrogens with zero attached hydrogens (tertiary/aromatic N) is 7. The molecular formula is C18H17F4N7O. The van der Waals surface area contributed by atoms with Crippen LogP contribution in [0, 0.1) is 5.82 Å². The van der Waals surface area contributed by atoms with Crippen LogP contribution in [0.5, 0.6) is 0 Å². The summed E-state index contributed by atoms with van der Waals surface area (Å²) < 4.78 is 53.0. The molecule has 0 aliphatic carbocycles. The first-order valence-corrected chi connectivity index (χ1v) is 9.09. The molecule has 3 aromatic rings. The lowest BCUT2D eigenvalue weighted by atomic mass is 10.2. The Hall–Kier alpha value is -3.44. The van der Waals surface area contributed by atoms with Crippen molar-refractivity contribution in [2.45, 2.75) is 12.8 Å². The summed E-state index contributed by atoms with van der Waals surface area (Å²) >= 11 is 0. The molecule has 8 nitrogen and oxygen atoms in total. The Bertz CT molecular complexity index is 1070. The van der Waals surface area contributed by atoms with Gasteiger partial charge in [0, 0.05) is 38.1 Å². The van der Waals surface area contributed by atoms with Gasteiger partial charge >= 0.3 is 11.9 Å². The number of piperazine rings is 1. The van der Waals surface area contributed by atoms with Gasteiger partial charge in [0.25, 0.3) is 0 Å². The molecule has 0 unspecified atom stereocenters. The number of aromatic nitrogens is 5. The van der Waals surface area contributed by atoms with E-state index in [-0.39, 0.29) is 18.4 Å². The molecule has 0 bridgehead atoms. The van der Waals surface area contributed by atoms with Gasteiger partial charge in [-0.05, 0) is 30.3 Å². The summed E-state index contributed by atoms with van der Waals surface area (Å²) in [6.45, 7) is 2.19. The van der Waals surface area contributed by atoms with Crippen molar-refractivity contribution < 1.29 is 17.6 Å². The summed E-state index contributed by atoms with van der Waals surface area (Å²) in [5, 5.41) is 3.41. The van der Waals surface area contributed by atoms with Crippen molar-refractivity contribution in [1.82, 2.24) is 24.3 Å². The van der Waals surface area contributed by atoms with Crippen molar-refractivity contribution in [2.75, 3.05) is 36.0 Å². The van der Waals surface area contributed by atoms with Crippen LogP contribution >= 0.6 is 0 Å². The lowest BCUT2D eigenvalue weighted by Crippen LogP contribution is -2.47. The lowest BCUT2D eigenvalue weighted by Gasteiger charge is -2.36. The van der Waals surface area contributed by atoms with Crippen molar-refractivity contribution in [2.24, 2.45) is 0 Å². The van der Waals surface area contributed by atoms with E-state index < -0.39 is 17.6 Å². The first-order chi connectivity index (χ1) is 14.3. The lowest BCUT2D eigenvalue weighted by molar-refractivity contribution is -0.141. The fraction of sp³-hybridized carbons (Fsp3) is 0.333. The third kappa shape index (κ3) is 4.26. The van der Waals surface area contributed by atoms with Crippen LogP contribution in [0.4, 0.5) is 29.2 Å². The summed E-state index contributed by atoms with van der Waals surface area (Å²) in [6.07, 6.45) is -2.17. The molecule has 0 N–H and O–H groups in total. The van der Waals surface area contributed by atoms with Crippen molar-refractivity contribution in [3.05, 3.63) is 64.9 Å². The van der Waals surface area contributed by atoms with Crippen LogP contribution < -0.4 is 15.5 Å². The fourth-order valence-electron chi connectivity index (χ4n) is 3.16. The number of anilines is 2. The molecule has 3 heterocycles. The average Bonchev–Trinajstić information content (AvgIpc) is 3.20. The van der Waals surface area contributed by atoms with Crippen molar-refractivity contribution in [3.63, 3.8) is 0 Å². The highest BCUT2D eigenvalue weighted by molar-refractivity contribution is 5.48. The van der Waals surface area contributed by atoms with Gasteiger partial charge in [0.1, 0.15) is 18.8 Å².